The van der Waals surface area contributed by atoms with E-state index in [0.29, 0.717) is 12.0 Å². The Morgan fingerprint density at radius 2 is 1.91 bits per heavy atom. The summed E-state index contributed by atoms with van der Waals surface area (Å²) in [6.07, 6.45) is 2.35. The molecule has 0 spiro atoms. The molecule has 2 aliphatic rings. The van der Waals surface area contributed by atoms with Crippen LogP contribution in [0.2, 0.25) is 0 Å². The average Bonchev–Trinajstić information content (AvgIpc) is 3.00. The second-order valence-electron chi connectivity index (χ2n) is 6.63. The minimum atomic E-state index is 0.343. The van der Waals surface area contributed by atoms with Gasteiger partial charge in [-0.2, -0.15) is 5.10 Å². The highest BCUT2D eigenvalue weighted by atomic mass is 15.4. The van der Waals surface area contributed by atoms with Crippen LogP contribution < -0.4 is 10.3 Å². The van der Waals surface area contributed by atoms with Crippen LogP contribution >= 0.6 is 0 Å². The Bertz CT molecular complexity index is 533. The first kappa shape index (κ1) is 16.3. The Balaban J connectivity index is 1.72. The van der Waals surface area contributed by atoms with Crippen molar-refractivity contribution in [3.63, 3.8) is 0 Å². The molecular weight excluding hydrogens is 284 g/mol. The van der Waals surface area contributed by atoms with E-state index in [1.807, 2.05) is 0 Å². The average molecular weight is 314 g/mol. The van der Waals surface area contributed by atoms with Crippen molar-refractivity contribution < 1.29 is 0 Å². The molecule has 2 heterocycles. The molecule has 1 fully saturated rings. The molecule has 4 nitrogen and oxygen atoms in total. The summed E-state index contributed by atoms with van der Waals surface area (Å²) in [5.41, 5.74) is 7.45. The van der Waals surface area contributed by atoms with Gasteiger partial charge in [0, 0.05) is 49.9 Å². The SMILES string of the molecule is CCCN1CCC2=NNC(c3ccc(N(CC)CC)cc3)C2C1. The number of nitrogens with one attached hydrogen (secondary N) is 1. The number of fused-ring (bicyclic) bond motifs is 1. The van der Waals surface area contributed by atoms with Gasteiger partial charge in [-0.1, -0.05) is 19.1 Å². The number of hydrogen-bond donors (Lipinski definition) is 1. The van der Waals surface area contributed by atoms with Crippen LogP contribution in [0.3, 0.4) is 0 Å². The predicted octanol–water partition coefficient (Wildman–Crippen LogP) is 3.27. The lowest BCUT2D eigenvalue weighted by Crippen LogP contribution is -2.42. The van der Waals surface area contributed by atoms with E-state index in [1.54, 1.807) is 0 Å². The maximum atomic E-state index is 4.63. The van der Waals surface area contributed by atoms with Crippen LogP contribution in [0, 0.1) is 5.92 Å². The van der Waals surface area contributed by atoms with Gasteiger partial charge in [0.2, 0.25) is 0 Å². The molecule has 0 radical (unpaired) electrons. The highest BCUT2D eigenvalue weighted by Crippen LogP contribution is 2.33. The van der Waals surface area contributed by atoms with E-state index in [0.717, 1.165) is 26.1 Å². The van der Waals surface area contributed by atoms with Crippen LogP contribution in [0.4, 0.5) is 5.69 Å². The van der Waals surface area contributed by atoms with Crippen molar-refractivity contribution in [1.82, 2.24) is 10.3 Å². The number of anilines is 1. The van der Waals surface area contributed by atoms with Crippen LogP contribution in [0.15, 0.2) is 29.4 Å². The molecule has 4 heteroatoms. The van der Waals surface area contributed by atoms with Crippen LogP contribution in [0.1, 0.15) is 45.2 Å². The van der Waals surface area contributed by atoms with Crippen LogP contribution in [0.25, 0.3) is 0 Å². The zero-order valence-corrected chi connectivity index (χ0v) is 14.8. The van der Waals surface area contributed by atoms with Gasteiger partial charge in [0.05, 0.1) is 6.04 Å². The number of hydrazone groups is 1. The Morgan fingerprint density at radius 3 is 2.57 bits per heavy atom. The molecule has 3 rings (SSSR count). The monoisotopic (exact) mass is 314 g/mol. The molecule has 2 unspecified atom stereocenters. The second-order valence-corrected chi connectivity index (χ2v) is 6.63. The molecule has 23 heavy (non-hydrogen) atoms. The lowest BCUT2D eigenvalue weighted by molar-refractivity contribution is 0.228. The molecule has 2 atom stereocenters. The van der Waals surface area contributed by atoms with E-state index >= 15 is 0 Å². The van der Waals surface area contributed by atoms with Gasteiger partial charge in [-0.25, -0.2) is 0 Å². The third kappa shape index (κ3) is 3.37. The zero-order valence-electron chi connectivity index (χ0n) is 14.8. The summed E-state index contributed by atoms with van der Waals surface area (Å²) in [6, 6.07) is 9.42. The lowest BCUT2D eigenvalue weighted by atomic mass is 9.86. The summed E-state index contributed by atoms with van der Waals surface area (Å²) < 4.78 is 0. The van der Waals surface area contributed by atoms with Crippen molar-refractivity contribution >= 4 is 11.4 Å². The fourth-order valence-electron chi connectivity index (χ4n) is 3.92. The van der Waals surface area contributed by atoms with Crippen molar-refractivity contribution in [3.05, 3.63) is 29.8 Å². The number of benzene rings is 1. The van der Waals surface area contributed by atoms with Crippen LogP contribution in [-0.4, -0.2) is 43.3 Å². The third-order valence-electron chi connectivity index (χ3n) is 5.24. The van der Waals surface area contributed by atoms with Gasteiger partial charge in [0.15, 0.2) is 0 Å². The van der Waals surface area contributed by atoms with E-state index in [9.17, 15) is 0 Å². The van der Waals surface area contributed by atoms with Gasteiger partial charge in [0.25, 0.3) is 0 Å². The topological polar surface area (TPSA) is 30.9 Å². The molecule has 0 saturated carbocycles. The molecule has 0 bridgehead atoms. The first-order valence-electron chi connectivity index (χ1n) is 9.16. The smallest absolute Gasteiger partial charge is 0.0782 e. The number of piperidine rings is 1. The fourth-order valence-corrected chi connectivity index (χ4v) is 3.92. The number of hydrogen-bond acceptors (Lipinski definition) is 4. The Hall–Kier alpha value is -1.55. The third-order valence-corrected chi connectivity index (χ3v) is 5.24. The second kappa shape index (κ2) is 7.35. The summed E-state index contributed by atoms with van der Waals surface area (Å²) in [5.74, 6) is 0.537. The van der Waals surface area contributed by atoms with Crippen LogP contribution in [0.5, 0.6) is 0 Å². The van der Waals surface area contributed by atoms with E-state index in [-0.39, 0.29) is 0 Å². The van der Waals surface area contributed by atoms with E-state index in [1.165, 1.54) is 36.5 Å². The lowest BCUT2D eigenvalue weighted by Gasteiger charge is -2.33. The van der Waals surface area contributed by atoms with Gasteiger partial charge in [-0.15, -0.1) is 0 Å². The fraction of sp³-hybridized carbons (Fsp3) is 0.632. The largest absolute Gasteiger partial charge is 0.372 e. The first-order chi connectivity index (χ1) is 11.3. The van der Waals surface area contributed by atoms with Crippen molar-refractivity contribution in [2.45, 2.75) is 39.7 Å². The highest BCUT2D eigenvalue weighted by molar-refractivity contribution is 5.89. The van der Waals surface area contributed by atoms with Crippen LogP contribution in [-0.2, 0) is 0 Å². The Morgan fingerprint density at radius 1 is 1.17 bits per heavy atom. The zero-order chi connectivity index (χ0) is 16.2. The molecular formula is C19H30N4. The number of rotatable bonds is 6. The maximum Gasteiger partial charge on any atom is 0.0782 e. The van der Waals surface area contributed by atoms with Gasteiger partial charge in [-0.3, -0.25) is 0 Å². The summed E-state index contributed by atoms with van der Waals surface area (Å²) in [5, 5.41) is 4.63. The predicted molar refractivity (Wildman–Crippen MR) is 98.2 cm³/mol. The van der Waals surface area contributed by atoms with Gasteiger partial charge in [-0.05, 0) is 44.5 Å². The molecule has 0 aliphatic carbocycles. The minimum Gasteiger partial charge on any atom is -0.372 e. The molecule has 2 aliphatic heterocycles. The Kier molecular flexibility index (Phi) is 5.21. The van der Waals surface area contributed by atoms with Crippen molar-refractivity contribution in [1.29, 1.82) is 0 Å². The van der Waals surface area contributed by atoms with E-state index < -0.39 is 0 Å². The number of nitrogens with zero attached hydrogens (tertiary/aromatic N) is 3. The van der Waals surface area contributed by atoms with E-state index in [2.05, 4.69) is 65.4 Å². The van der Waals surface area contributed by atoms with Gasteiger partial charge >= 0.3 is 0 Å². The Labute approximate surface area is 140 Å². The van der Waals surface area contributed by atoms with Crippen molar-refractivity contribution in [2.24, 2.45) is 11.0 Å². The maximum absolute atomic E-state index is 4.63. The standard InChI is InChI=1S/C19H30N4/c1-4-12-22-13-11-18-17(14-22)19(21-20-18)15-7-9-16(10-8-15)23(5-2)6-3/h7-10,17,19,21H,4-6,11-14H2,1-3H3. The summed E-state index contributed by atoms with van der Waals surface area (Å²) in [6.45, 7) is 12.3. The molecule has 1 aromatic carbocycles. The minimum absolute atomic E-state index is 0.343. The summed E-state index contributed by atoms with van der Waals surface area (Å²) >= 11 is 0. The molecule has 126 valence electrons. The molecule has 1 aromatic rings. The number of likely N-dealkylation sites (tertiary alicyclic amines) is 1. The van der Waals surface area contributed by atoms with Crippen molar-refractivity contribution in [3.8, 4) is 0 Å². The van der Waals surface area contributed by atoms with Crippen molar-refractivity contribution in [2.75, 3.05) is 37.6 Å². The van der Waals surface area contributed by atoms with Gasteiger partial charge < -0.3 is 15.2 Å². The quantitative estimate of drug-likeness (QED) is 0.874. The molecule has 1 N–H and O–H groups in total. The summed E-state index contributed by atoms with van der Waals surface area (Å²) in [7, 11) is 0. The van der Waals surface area contributed by atoms with Gasteiger partial charge in [0.1, 0.15) is 0 Å². The summed E-state index contributed by atoms with van der Waals surface area (Å²) in [4.78, 5) is 4.98. The molecule has 1 saturated heterocycles. The van der Waals surface area contributed by atoms with E-state index in [4.69, 9.17) is 0 Å². The highest BCUT2D eigenvalue weighted by Gasteiger charge is 2.36. The first-order valence-corrected chi connectivity index (χ1v) is 9.16. The molecule has 0 aromatic heterocycles. The normalized spacial score (nSPS) is 24.0. The molecule has 0 amide bonds.